The van der Waals surface area contributed by atoms with Crippen molar-refractivity contribution in [3.63, 3.8) is 0 Å². The second-order valence-corrected chi connectivity index (χ2v) is 11.4. The van der Waals surface area contributed by atoms with Gasteiger partial charge in [-0.25, -0.2) is 4.98 Å². The van der Waals surface area contributed by atoms with Crippen LogP contribution in [0.4, 0.5) is 17.1 Å². The normalized spacial score (nSPS) is 12.5. The molecule has 3 nitrogen and oxygen atoms in total. The molecule has 6 aromatic carbocycles. The van der Waals surface area contributed by atoms with Gasteiger partial charge in [-0.1, -0.05) is 103 Å². The van der Waals surface area contributed by atoms with E-state index in [0.29, 0.717) is 0 Å². The van der Waals surface area contributed by atoms with Crippen molar-refractivity contribution in [2.24, 2.45) is 0 Å². The molecular formula is C37H22N2OS. The van der Waals surface area contributed by atoms with E-state index >= 15 is 0 Å². The molecule has 192 valence electrons. The molecule has 0 bridgehead atoms. The van der Waals surface area contributed by atoms with Crippen LogP contribution in [-0.2, 0) is 0 Å². The van der Waals surface area contributed by atoms with Crippen molar-refractivity contribution in [3.8, 4) is 54.9 Å². The van der Waals surface area contributed by atoms with Gasteiger partial charge < -0.3 is 9.64 Å². The molecule has 2 aliphatic rings. The summed E-state index contributed by atoms with van der Waals surface area (Å²) in [5, 5.41) is 3.54. The lowest BCUT2D eigenvalue weighted by Crippen LogP contribution is -2.16. The lowest BCUT2D eigenvalue weighted by Gasteiger charge is -2.33. The number of benzene rings is 6. The predicted octanol–water partition coefficient (Wildman–Crippen LogP) is 10.9. The Labute approximate surface area is 241 Å². The fourth-order valence-electron chi connectivity index (χ4n) is 6.18. The van der Waals surface area contributed by atoms with Gasteiger partial charge in [0.15, 0.2) is 11.5 Å². The van der Waals surface area contributed by atoms with Gasteiger partial charge in [0.2, 0.25) is 0 Å². The van der Waals surface area contributed by atoms with E-state index in [1.54, 1.807) is 11.3 Å². The average Bonchev–Trinajstić information content (AvgIpc) is 3.60. The number of ether oxygens (including phenoxy) is 1. The molecular weight excluding hydrogens is 520 g/mol. The van der Waals surface area contributed by atoms with E-state index in [9.17, 15) is 0 Å². The first-order valence-corrected chi connectivity index (χ1v) is 14.5. The summed E-state index contributed by atoms with van der Waals surface area (Å²) in [6.45, 7) is 0. The highest BCUT2D eigenvalue weighted by molar-refractivity contribution is 7.19. The van der Waals surface area contributed by atoms with Crippen LogP contribution in [0.15, 0.2) is 133 Å². The molecule has 0 spiro atoms. The molecule has 9 rings (SSSR count). The van der Waals surface area contributed by atoms with Crippen LogP contribution in [0.3, 0.4) is 0 Å². The van der Waals surface area contributed by atoms with E-state index in [1.165, 1.54) is 37.9 Å². The van der Waals surface area contributed by atoms with Gasteiger partial charge in [-0.05, 0) is 41.5 Å². The van der Waals surface area contributed by atoms with E-state index in [4.69, 9.17) is 9.72 Å². The lowest BCUT2D eigenvalue weighted by atomic mass is 10.0. The molecule has 0 saturated heterocycles. The minimum atomic E-state index is 0.859. The summed E-state index contributed by atoms with van der Waals surface area (Å²) in [6, 6.07) is 46.9. The third-order valence-corrected chi connectivity index (χ3v) is 9.19. The molecule has 41 heavy (non-hydrogen) atoms. The first kappa shape index (κ1) is 22.6. The van der Waals surface area contributed by atoms with Gasteiger partial charge >= 0.3 is 0 Å². The van der Waals surface area contributed by atoms with Crippen LogP contribution < -0.4 is 9.64 Å². The number of hydrogen-bond acceptors (Lipinski definition) is 4. The molecule has 0 unspecified atom stereocenters. The molecule has 0 N–H and O–H groups in total. The molecule has 0 atom stereocenters. The largest absolute Gasteiger partial charge is 0.453 e. The van der Waals surface area contributed by atoms with Crippen molar-refractivity contribution in [3.05, 3.63) is 133 Å². The summed E-state index contributed by atoms with van der Waals surface area (Å²) in [5.41, 5.74) is 10.4. The quantitative estimate of drug-likeness (QED) is 0.222. The van der Waals surface area contributed by atoms with Crippen LogP contribution >= 0.6 is 11.3 Å². The Kier molecular flexibility index (Phi) is 4.77. The Morgan fingerprint density at radius 2 is 1.17 bits per heavy atom. The Morgan fingerprint density at radius 3 is 1.93 bits per heavy atom. The number of nitrogens with zero attached hydrogens (tertiary/aromatic N) is 2. The second kappa shape index (κ2) is 8.65. The molecule has 7 aromatic rings. The van der Waals surface area contributed by atoms with Crippen LogP contribution in [-0.4, -0.2) is 4.98 Å². The van der Waals surface area contributed by atoms with Crippen molar-refractivity contribution < 1.29 is 4.74 Å². The number of aromatic nitrogens is 1. The fourth-order valence-corrected chi connectivity index (χ4v) is 7.30. The monoisotopic (exact) mass is 542 g/mol. The van der Waals surface area contributed by atoms with Crippen LogP contribution in [0, 0.1) is 0 Å². The molecule has 1 aliphatic carbocycles. The van der Waals surface area contributed by atoms with E-state index < -0.39 is 0 Å². The van der Waals surface area contributed by atoms with Crippen LogP contribution in [0.5, 0.6) is 11.5 Å². The van der Waals surface area contributed by atoms with Crippen molar-refractivity contribution in [1.29, 1.82) is 0 Å². The molecule has 1 aromatic heterocycles. The van der Waals surface area contributed by atoms with Gasteiger partial charge in [-0.15, -0.1) is 11.3 Å². The van der Waals surface area contributed by atoms with E-state index in [2.05, 4.69) is 114 Å². The van der Waals surface area contributed by atoms with E-state index in [0.717, 1.165) is 44.8 Å². The van der Waals surface area contributed by atoms with Gasteiger partial charge in [0.05, 0.1) is 27.6 Å². The summed E-state index contributed by atoms with van der Waals surface area (Å²) >= 11 is 1.78. The Bertz CT molecular complexity index is 2060. The summed E-state index contributed by atoms with van der Waals surface area (Å²) in [5.74, 6) is 1.72. The summed E-state index contributed by atoms with van der Waals surface area (Å²) < 4.78 is 6.28. The highest BCUT2D eigenvalue weighted by Gasteiger charge is 2.31. The summed E-state index contributed by atoms with van der Waals surface area (Å²) in [6.07, 6.45) is 0. The zero-order chi connectivity index (χ0) is 26.9. The van der Waals surface area contributed by atoms with Gasteiger partial charge in [0, 0.05) is 27.5 Å². The molecule has 1 aliphatic heterocycles. The number of thiazole rings is 1. The maximum Gasteiger partial charge on any atom is 0.151 e. The Balaban J connectivity index is 1.16. The average molecular weight is 543 g/mol. The zero-order valence-electron chi connectivity index (χ0n) is 21.9. The molecule has 0 amide bonds. The van der Waals surface area contributed by atoms with E-state index in [1.807, 2.05) is 24.3 Å². The summed E-state index contributed by atoms with van der Waals surface area (Å²) in [7, 11) is 0. The third-order valence-electron chi connectivity index (χ3n) is 8.06. The lowest BCUT2D eigenvalue weighted by molar-refractivity contribution is 0.477. The maximum atomic E-state index is 6.28. The molecule has 0 radical (unpaired) electrons. The van der Waals surface area contributed by atoms with E-state index in [-0.39, 0.29) is 0 Å². The van der Waals surface area contributed by atoms with Gasteiger partial charge in [0.25, 0.3) is 0 Å². The molecule has 4 heteroatoms. The first-order chi connectivity index (χ1) is 20.3. The highest BCUT2D eigenvalue weighted by atomic mass is 32.1. The standard InChI is InChI=1S/C37H22N2OS/c1-2-9-23(10-3-1)24-17-19-25(20-18-24)37-38-35-27-21-22-29(26-11-8-12-28(34(26)27)36(35)41-37)39-30-13-4-6-15-32(30)40-33-16-7-5-14-31(33)39/h1-22H. The smallest absolute Gasteiger partial charge is 0.151 e. The summed E-state index contributed by atoms with van der Waals surface area (Å²) in [4.78, 5) is 8.78. The number of anilines is 3. The fraction of sp³-hybridized carbons (Fsp3) is 0. The second-order valence-electron chi connectivity index (χ2n) is 10.4. The number of hydrogen-bond donors (Lipinski definition) is 0. The third kappa shape index (κ3) is 3.35. The Hall–Kier alpha value is -5.19. The number of rotatable bonds is 3. The van der Waals surface area contributed by atoms with Gasteiger partial charge in [-0.3, -0.25) is 0 Å². The van der Waals surface area contributed by atoms with Crippen LogP contribution in [0.2, 0.25) is 0 Å². The number of fused-ring (bicyclic) bond motifs is 5. The van der Waals surface area contributed by atoms with Crippen molar-refractivity contribution in [2.45, 2.75) is 0 Å². The molecule has 0 fully saturated rings. The van der Waals surface area contributed by atoms with Gasteiger partial charge in [0.1, 0.15) is 5.01 Å². The SMILES string of the molecule is c1ccc(-c2ccc(-c3nc4c(s3)-c3cccc5c(N6c7ccccc7Oc7ccccc76)ccc-4c35)cc2)cc1. The topological polar surface area (TPSA) is 25.4 Å². The van der Waals surface area contributed by atoms with Crippen LogP contribution in [0.1, 0.15) is 0 Å². The first-order valence-electron chi connectivity index (χ1n) is 13.7. The predicted molar refractivity (Wildman–Crippen MR) is 170 cm³/mol. The highest BCUT2D eigenvalue weighted by Crippen LogP contribution is 2.56. The molecule has 0 saturated carbocycles. The minimum Gasteiger partial charge on any atom is -0.453 e. The van der Waals surface area contributed by atoms with Gasteiger partial charge in [-0.2, -0.15) is 0 Å². The Morgan fingerprint density at radius 1 is 0.512 bits per heavy atom. The minimum absolute atomic E-state index is 0.859. The van der Waals surface area contributed by atoms with Crippen molar-refractivity contribution >= 4 is 39.2 Å². The molecule has 2 heterocycles. The van der Waals surface area contributed by atoms with Crippen molar-refractivity contribution in [1.82, 2.24) is 4.98 Å². The maximum absolute atomic E-state index is 6.28. The van der Waals surface area contributed by atoms with Crippen LogP contribution in [0.25, 0.3) is 54.2 Å². The number of para-hydroxylation sites is 4. The zero-order valence-corrected chi connectivity index (χ0v) is 22.7. The van der Waals surface area contributed by atoms with Crippen molar-refractivity contribution in [2.75, 3.05) is 4.90 Å².